The van der Waals surface area contributed by atoms with Crippen molar-refractivity contribution in [1.29, 1.82) is 0 Å². The van der Waals surface area contributed by atoms with Crippen molar-refractivity contribution >= 4 is 23.2 Å². The molecule has 5 heteroatoms. The van der Waals surface area contributed by atoms with E-state index >= 15 is 0 Å². The van der Waals surface area contributed by atoms with Gasteiger partial charge in [-0.25, -0.2) is 0 Å². The molecule has 140 valence electrons. The molecule has 2 aliphatic rings. The number of rotatable bonds is 6. The van der Waals surface area contributed by atoms with E-state index in [1.54, 1.807) is 0 Å². The molecule has 2 aromatic carbocycles. The summed E-state index contributed by atoms with van der Waals surface area (Å²) in [5.74, 6) is -0.269. The van der Waals surface area contributed by atoms with Gasteiger partial charge in [-0.05, 0) is 55.0 Å². The van der Waals surface area contributed by atoms with Gasteiger partial charge in [0.2, 0.25) is 11.8 Å². The lowest BCUT2D eigenvalue weighted by Crippen LogP contribution is -2.30. The maximum absolute atomic E-state index is 12.3. The van der Waals surface area contributed by atoms with E-state index in [-0.39, 0.29) is 29.8 Å². The first-order valence-corrected chi connectivity index (χ1v) is 9.50. The molecule has 2 aromatic rings. The van der Waals surface area contributed by atoms with Gasteiger partial charge in [-0.15, -0.1) is 0 Å². The van der Waals surface area contributed by atoms with Crippen molar-refractivity contribution in [3.8, 4) is 0 Å². The summed E-state index contributed by atoms with van der Waals surface area (Å²) < 4.78 is 0. The van der Waals surface area contributed by atoms with Gasteiger partial charge in [0.15, 0.2) is 0 Å². The van der Waals surface area contributed by atoms with E-state index in [0.29, 0.717) is 19.3 Å². The van der Waals surface area contributed by atoms with E-state index in [1.165, 1.54) is 0 Å². The predicted molar refractivity (Wildman–Crippen MR) is 105 cm³/mol. The quantitative estimate of drug-likeness (QED) is 0.736. The van der Waals surface area contributed by atoms with Gasteiger partial charge >= 0.3 is 0 Å². The smallest absolute Gasteiger partial charge is 0.227 e. The topological polar surface area (TPSA) is 78.4 Å². The molecular formula is C22H24N2O3. The molecule has 1 fully saturated rings. The Labute approximate surface area is 158 Å². The molecule has 5 nitrogen and oxygen atoms in total. The van der Waals surface area contributed by atoms with Gasteiger partial charge in [0.05, 0.1) is 6.61 Å². The molecule has 0 bridgehead atoms. The van der Waals surface area contributed by atoms with Gasteiger partial charge in [0.1, 0.15) is 0 Å². The van der Waals surface area contributed by atoms with Crippen LogP contribution in [0.15, 0.2) is 48.5 Å². The van der Waals surface area contributed by atoms with Crippen molar-refractivity contribution in [2.24, 2.45) is 5.92 Å². The third kappa shape index (κ3) is 3.74. The highest BCUT2D eigenvalue weighted by Crippen LogP contribution is 2.47. The summed E-state index contributed by atoms with van der Waals surface area (Å²) in [6.07, 6.45) is 3.54. The molecular weight excluding hydrogens is 340 g/mol. The van der Waals surface area contributed by atoms with Crippen molar-refractivity contribution in [2.45, 2.75) is 37.5 Å². The molecule has 27 heavy (non-hydrogen) atoms. The molecule has 0 spiro atoms. The lowest BCUT2D eigenvalue weighted by molar-refractivity contribution is -0.121. The zero-order valence-electron chi connectivity index (χ0n) is 15.2. The molecule has 3 N–H and O–H groups in total. The number of amides is 2. The number of aliphatic hydroxyl groups is 1. The fourth-order valence-corrected chi connectivity index (χ4v) is 3.77. The Balaban J connectivity index is 1.30. The van der Waals surface area contributed by atoms with Gasteiger partial charge in [0, 0.05) is 29.1 Å². The molecule has 2 amide bonds. The first-order valence-electron chi connectivity index (χ1n) is 9.50. The molecule has 0 aromatic heterocycles. The Morgan fingerprint density at radius 2 is 1.89 bits per heavy atom. The van der Waals surface area contributed by atoms with Crippen LogP contribution in [0.2, 0.25) is 0 Å². The van der Waals surface area contributed by atoms with Crippen molar-refractivity contribution in [1.82, 2.24) is 0 Å². The first kappa shape index (κ1) is 17.7. The molecule has 1 aliphatic heterocycles. The summed E-state index contributed by atoms with van der Waals surface area (Å²) in [6.45, 7) is 0.172. The number of para-hydroxylation sites is 1. The van der Waals surface area contributed by atoms with E-state index < -0.39 is 0 Å². The molecule has 1 atom stereocenters. The van der Waals surface area contributed by atoms with E-state index in [9.17, 15) is 14.7 Å². The second-order valence-electron chi connectivity index (χ2n) is 7.65. The molecule has 1 heterocycles. The number of hydrogen-bond acceptors (Lipinski definition) is 3. The van der Waals surface area contributed by atoms with Crippen LogP contribution in [-0.2, 0) is 21.4 Å². The summed E-state index contributed by atoms with van der Waals surface area (Å²) in [5, 5.41) is 15.3. The fraction of sp³-hybridized carbons (Fsp3) is 0.364. The van der Waals surface area contributed by atoms with Crippen LogP contribution in [0, 0.1) is 5.92 Å². The zero-order chi connectivity index (χ0) is 18.9. The largest absolute Gasteiger partial charge is 0.395 e. The predicted octanol–water partition coefficient (Wildman–Crippen LogP) is 3.24. The Morgan fingerprint density at radius 1 is 1.15 bits per heavy atom. The number of hydrogen-bond donors (Lipinski definition) is 3. The molecule has 1 aliphatic carbocycles. The minimum absolute atomic E-state index is 0.00964. The van der Waals surface area contributed by atoms with Crippen molar-refractivity contribution < 1.29 is 14.7 Å². The third-order valence-corrected chi connectivity index (χ3v) is 5.77. The van der Waals surface area contributed by atoms with E-state index in [0.717, 1.165) is 35.3 Å². The monoisotopic (exact) mass is 364 g/mol. The highest BCUT2D eigenvalue weighted by molar-refractivity contribution is 5.96. The van der Waals surface area contributed by atoms with Crippen LogP contribution in [0.5, 0.6) is 0 Å². The van der Waals surface area contributed by atoms with Crippen molar-refractivity contribution in [3.05, 3.63) is 59.7 Å². The van der Waals surface area contributed by atoms with Crippen LogP contribution in [0.4, 0.5) is 11.4 Å². The van der Waals surface area contributed by atoms with Gasteiger partial charge < -0.3 is 15.7 Å². The first-order chi connectivity index (χ1) is 13.1. The van der Waals surface area contributed by atoms with Crippen LogP contribution in [0.25, 0.3) is 0 Å². The van der Waals surface area contributed by atoms with Gasteiger partial charge in [-0.1, -0.05) is 30.3 Å². The minimum Gasteiger partial charge on any atom is -0.395 e. The van der Waals surface area contributed by atoms with Crippen LogP contribution < -0.4 is 10.6 Å². The third-order valence-electron chi connectivity index (χ3n) is 5.77. The maximum atomic E-state index is 12.3. The number of anilines is 2. The minimum atomic E-state index is -0.174. The normalized spacial score (nSPS) is 19.7. The van der Waals surface area contributed by atoms with Crippen molar-refractivity contribution in [3.63, 3.8) is 0 Å². The second kappa shape index (κ2) is 7.16. The Kier molecular flexibility index (Phi) is 4.70. The highest BCUT2D eigenvalue weighted by atomic mass is 16.3. The number of fused-ring (bicyclic) bond motifs is 1. The summed E-state index contributed by atoms with van der Waals surface area (Å²) in [6, 6.07) is 15.5. The highest BCUT2D eigenvalue weighted by Gasteiger charge is 2.43. The number of nitrogens with one attached hydrogen (secondary N) is 2. The fourth-order valence-electron chi connectivity index (χ4n) is 3.77. The molecule has 1 saturated carbocycles. The molecule has 1 unspecified atom stereocenters. The Hall–Kier alpha value is -2.66. The summed E-state index contributed by atoms with van der Waals surface area (Å²) >= 11 is 0. The molecule has 4 rings (SSSR count). The van der Waals surface area contributed by atoms with Gasteiger partial charge in [-0.2, -0.15) is 0 Å². The Bertz CT molecular complexity index is 856. The van der Waals surface area contributed by atoms with E-state index in [2.05, 4.69) is 10.6 Å². The summed E-state index contributed by atoms with van der Waals surface area (Å²) in [4.78, 5) is 24.5. The van der Waals surface area contributed by atoms with Crippen LogP contribution in [0.1, 0.15) is 36.8 Å². The van der Waals surface area contributed by atoms with Gasteiger partial charge in [-0.3, -0.25) is 9.59 Å². The van der Waals surface area contributed by atoms with E-state index in [1.807, 2.05) is 48.5 Å². The average Bonchev–Trinajstić information content (AvgIpc) is 3.48. The number of carbonyl (C=O) groups excluding carboxylic acids is 2. The summed E-state index contributed by atoms with van der Waals surface area (Å²) in [5.41, 5.74) is 3.81. The Morgan fingerprint density at radius 3 is 2.59 bits per heavy atom. The van der Waals surface area contributed by atoms with Crippen molar-refractivity contribution in [2.75, 3.05) is 17.2 Å². The van der Waals surface area contributed by atoms with Gasteiger partial charge in [0.25, 0.3) is 0 Å². The number of carbonyl (C=O) groups is 2. The lowest BCUT2D eigenvalue weighted by atomic mass is 9.89. The SMILES string of the molecule is O=C(CCC1Cc2ccccc2NC1=O)Nc1ccc(C2(CO)CC2)cc1. The van der Waals surface area contributed by atoms with Crippen LogP contribution in [-0.4, -0.2) is 23.5 Å². The maximum Gasteiger partial charge on any atom is 0.227 e. The van der Waals surface area contributed by atoms with Crippen LogP contribution in [0.3, 0.4) is 0 Å². The molecule has 0 radical (unpaired) electrons. The second-order valence-corrected chi connectivity index (χ2v) is 7.65. The number of aliphatic hydroxyl groups excluding tert-OH is 1. The van der Waals surface area contributed by atoms with Crippen LogP contribution >= 0.6 is 0 Å². The zero-order valence-corrected chi connectivity index (χ0v) is 15.2. The van der Waals surface area contributed by atoms with E-state index in [4.69, 9.17) is 0 Å². The standard InChI is InChI=1S/C22H24N2O3/c25-14-22(11-12-22)17-6-8-18(9-7-17)23-20(26)10-5-16-13-15-3-1-2-4-19(15)24-21(16)27/h1-4,6-9,16,25H,5,10-14H2,(H,23,26)(H,24,27). The average molecular weight is 364 g/mol. The number of benzene rings is 2. The lowest BCUT2D eigenvalue weighted by Gasteiger charge is -2.24. The summed E-state index contributed by atoms with van der Waals surface area (Å²) in [7, 11) is 0. The molecule has 0 saturated heterocycles.